The number of amides is 1. The van der Waals surface area contributed by atoms with Gasteiger partial charge in [0, 0.05) is 31.4 Å². The number of nitro benzene ring substituents is 1. The second-order valence-electron chi connectivity index (χ2n) is 6.86. The first-order valence-electron chi connectivity index (χ1n) is 9.68. The van der Waals surface area contributed by atoms with Gasteiger partial charge in [0.25, 0.3) is 11.6 Å². The molecule has 3 rings (SSSR count). The van der Waals surface area contributed by atoms with Gasteiger partial charge in [0.1, 0.15) is 5.69 Å². The molecule has 0 saturated carbocycles. The van der Waals surface area contributed by atoms with Gasteiger partial charge in [-0.1, -0.05) is 24.3 Å². The molecule has 8 nitrogen and oxygen atoms in total. The molecule has 0 atom stereocenters. The summed E-state index contributed by atoms with van der Waals surface area (Å²) in [6.07, 6.45) is 3.53. The van der Waals surface area contributed by atoms with E-state index in [4.69, 9.17) is 4.74 Å². The van der Waals surface area contributed by atoms with Crippen LogP contribution in [0.3, 0.4) is 0 Å². The van der Waals surface area contributed by atoms with E-state index in [9.17, 15) is 19.7 Å². The lowest BCUT2D eigenvalue weighted by Crippen LogP contribution is -2.34. The Balaban J connectivity index is 1.70. The molecule has 8 heteroatoms. The van der Waals surface area contributed by atoms with Gasteiger partial charge in [-0.25, -0.2) is 4.79 Å². The van der Waals surface area contributed by atoms with Crippen molar-refractivity contribution in [2.75, 3.05) is 36.0 Å². The highest BCUT2D eigenvalue weighted by atomic mass is 16.6. The Bertz CT molecular complexity index is 939. The zero-order valence-electron chi connectivity index (χ0n) is 16.5. The van der Waals surface area contributed by atoms with E-state index in [1.807, 2.05) is 11.0 Å². The van der Waals surface area contributed by atoms with Crippen LogP contribution in [-0.2, 0) is 9.53 Å². The molecule has 1 saturated heterocycles. The monoisotopic (exact) mass is 409 g/mol. The second kappa shape index (κ2) is 9.69. The number of ether oxygens (including phenoxy) is 1. The smallest absolute Gasteiger partial charge is 0.338 e. The van der Waals surface area contributed by atoms with Crippen molar-refractivity contribution in [3.8, 4) is 0 Å². The lowest BCUT2D eigenvalue weighted by atomic mass is 10.1. The largest absolute Gasteiger partial charge is 0.452 e. The van der Waals surface area contributed by atoms with Gasteiger partial charge < -0.3 is 14.5 Å². The van der Waals surface area contributed by atoms with Gasteiger partial charge in [0.2, 0.25) is 0 Å². The third-order valence-corrected chi connectivity index (χ3v) is 4.86. The van der Waals surface area contributed by atoms with Crippen molar-refractivity contribution in [3.63, 3.8) is 0 Å². The minimum Gasteiger partial charge on any atom is -0.452 e. The van der Waals surface area contributed by atoms with Crippen molar-refractivity contribution < 1.29 is 19.2 Å². The number of carbonyl (C=O) groups excluding carboxylic acids is 2. The number of rotatable bonds is 8. The molecule has 0 radical (unpaired) electrons. The summed E-state index contributed by atoms with van der Waals surface area (Å²) in [5.74, 6) is -1.20. The second-order valence-corrected chi connectivity index (χ2v) is 6.86. The third-order valence-electron chi connectivity index (χ3n) is 4.86. The van der Waals surface area contributed by atoms with Crippen LogP contribution in [0.15, 0.2) is 61.2 Å². The van der Waals surface area contributed by atoms with Gasteiger partial charge in [-0.3, -0.25) is 14.9 Å². The first-order valence-corrected chi connectivity index (χ1v) is 9.68. The average molecular weight is 409 g/mol. The van der Waals surface area contributed by atoms with Crippen LogP contribution in [0.1, 0.15) is 23.2 Å². The summed E-state index contributed by atoms with van der Waals surface area (Å²) in [5.41, 5.74) is 1.04. The van der Waals surface area contributed by atoms with E-state index in [0.717, 1.165) is 25.9 Å². The van der Waals surface area contributed by atoms with Crippen LogP contribution in [-0.4, -0.2) is 43.0 Å². The van der Waals surface area contributed by atoms with Gasteiger partial charge in [0.15, 0.2) is 6.61 Å². The molecule has 1 amide bonds. The molecular weight excluding hydrogens is 386 g/mol. The molecule has 156 valence electrons. The molecule has 1 aliphatic rings. The van der Waals surface area contributed by atoms with Crippen LogP contribution in [0.5, 0.6) is 0 Å². The van der Waals surface area contributed by atoms with Crippen molar-refractivity contribution in [1.82, 2.24) is 0 Å². The van der Waals surface area contributed by atoms with E-state index in [1.165, 1.54) is 17.0 Å². The van der Waals surface area contributed by atoms with Crippen LogP contribution in [0.4, 0.5) is 17.1 Å². The fourth-order valence-corrected chi connectivity index (χ4v) is 3.40. The van der Waals surface area contributed by atoms with Gasteiger partial charge in [-0.2, -0.15) is 0 Å². The highest BCUT2D eigenvalue weighted by molar-refractivity contribution is 5.97. The summed E-state index contributed by atoms with van der Waals surface area (Å²) < 4.78 is 5.14. The molecule has 30 heavy (non-hydrogen) atoms. The van der Waals surface area contributed by atoms with E-state index in [0.29, 0.717) is 11.4 Å². The third kappa shape index (κ3) is 4.83. The van der Waals surface area contributed by atoms with Crippen molar-refractivity contribution in [3.05, 3.63) is 76.9 Å². The van der Waals surface area contributed by atoms with Crippen LogP contribution in [0.25, 0.3) is 0 Å². The molecule has 1 aliphatic heterocycles. The maximum atomic E-state index is 12.6. The molecule has 0 aliphatic carbocycles. The van der Waals surface area contributed by atoms with E-state index < -0.39 is 23.4 Å². The summed E-state index contributed by atoms with van der Waals surface area (Å²) in [6.45, 7) is 4.92. The number of para-hydroxylation sites is 1. The first kappa shape index (κ1) is 21.0. The predicted molar refractivity (Wildman–Crippen MR) is 114 cm³/mol. The standard InChI is InChI=1S/C22H23N3O5/c1-2-12-24(18-8-4-3-5-9-18)21(26)16-30-22(27)17-10-11-19(20(15-17)25(28)29)23-13-6-7-14-23/h2-5,8-11,15H,1,6-7,12-14,16H2. The highest BCUT2D eigenvalue weighted by Gasteiger charge is 2.25. The fraction of sp³-hybridized carbons (Fsp3) is 0.273. The van der Waals surface area contributed by atoms with E-state index in [-0.39, 0.29) is 17.8 Å². The van der Waals surface area contributed by atoms with Crippen molar-refractivity contribution >= 4 is 28.9 Å². The van der Waals surface area contributed by atoms with Crippen molar-refractivity contribution in [2.24, 2.45) is 0 Å². The SMILES string of the molecule is C=CCN(C(=O)COC(=O)c1ccc(N2CCCC2)c([N+](=O)[O-])c1)c1ccccc1. The Morgan fingerprint density at radius 3 is 2.50 bits per heavy atom. The molecular formula is C22H23N3O5. The number of hydrogen-bond donors (Lipinski definition) is 0. The van der Waals surface area contributed by atoms with E-state index in [1.54, 1.807) is 36.4 Å². The predicted octanol–water partition coefficient (Wildman–Crippen LogP) is 3.57. The molecule has 0 spiro atoms. The Morgan fingerprint density at radius 2 is 1.87 bits per heavy atom. The van der Waals surface area contributed by atoms with E-state index in [2.05, 4.69) is 6.58 Å². The number of benzene rings is 2. The van der Waals surface area contributed by atoms with Crippen LogP contribution in [0, 0.1) is 10.1 Å². The Labute approximate surface area is 174 Å². The van der Waals surface area contributed by atoms with Crippen LogP contribution < -0.4 is 9.80 Å². The Kier molecular flexibility index (Phi) is 6.79. The molecule has 1 fully saturated rings. The molecule has 0 aromatic heterocycles. The van der Waals surface area contributed by atoms with Crippen LogP contribution >= 0.6 is 0 Å². The van der Waals surface area contributed by atoms with Gasteiger partial charge >= 0.3 is 5.97 Å². The molecule has 0 unspecified atom stereocenters. The zero-order chi connectivity index (χ0) is 21.5. The molecule has 0 N–H and O–H groups in total. The van der Waals surface area contributed by atoms with Gasteiger partial charge in [0.05, 0.1) is 10.5 Å². The molecule has 2 aromatic carbocycles. The number of nitrogens with zero attached hydrogens (tertiary/aromatic N) is 3. The first-order chi connectivity index (χ1) is 14.5. The minimum absolute atomic E-state index is 0.0347. The minimum atomic E-state index is -0.786. The highest BCUT2D eigenvalue weighted by Crippen LogP contribution is 2.31. The summed E-state index contributed by atoms with van der Waals surface area (Å²) in [4.78, 5) is 39.4. The fourth-order valence-electron chi connectivity index (χ4n) is 3.40. The number of anilines is 2. The maximum absolute atomic E-state index is 12.6. The maximum Gasteiger partial charge on any atom is 0.338 e. The van der Waals surface area contributed by atoms with E-state index >= 15 is 0 Å². The summed E-state index contributed by atoms with van der Waals surface area (Å²) in [5, 5.41) is 11.5. The molecule has 1 heterocycles. The number of esters is 1. The molecule has 0 bridgehead atoms. The topological polar surface area (TPSA) is 93.0 Å². The number of carbonyl (C=O) groups is 2. The number of nitro groups is 1. The molecule has 2 aromatic rings. The van der Waals surface area contributed by atoms with Gasteiger partial charge in [-0.15, -0.1) is 6.58 Å². The van der Waals surface area contributed by atoms with Crippen LogP contribution in [0.2, 0.25) is 0 Å². The number of hydrogen-bond acceptors (Lipinski definition) is 6. The lowest BCUT2D eigenvalue weighted by Gasteiger charge is -2.21. The normalized spacial score (nSPS) is 13.0. The quantitative estimate of drug-likeness (QED) is 0.286. The Hall–Kier alpha value is -3.68. The summed E-state index contributed by atoms with van der Waals surface area (Å²) >= 11 is 0. The lowest BCUT2D eigenvalue weighted by molar-refractivity contribution is -0.384. The Morgan fingerprint density at radius 1 is 1.17 bits per heavy atom. The summed E-state index contributed by atoms with van der Waals surface area (Å²) in [7, 11) is 0. The average Bonchev–Trinajstić information content (AvgIpc) is 3.30. The van der Waals surface area contributed by atoms with Crippen molar-refractivity contribution in [1.29, 1.82) is 0 Å². The summed E-state index contributed by atoms with van der Waals surface area (Å²) in [6, 6.07) is 13.2. The zero-order valence-corrected chi connectivity index (χ0v) is 16.5. The van der Waals surface area contributed by atoms with Crippen molar-refractivity contribution in [2.45, 2.75) is 12.8 Å². The van der Waals surface area contributed by atoms with Gasteiger partial charge in [-0.05, 0) is 37.1 Å².